The Kier molecular flexibility index (Phi) is 14.8. The number of nitrogens with zero attached hydrogens (tertiary/aromatic N) is 2. The number of rotatable bonds is 21. The summed E-state index contributed by atoms with van der Waals surface area (Å²) in [5.41, 5.74) is 14.2. The van der Waals surface area contributed by atoms with Gasteiger partial charge in [-0.25, -0.2) is 0 Å². The van der Waals surface area contributed by atoms with E-state index in [1.54, 1.807) is 0 Å². The van der Waals surface area contributed by atoms with Gasteiger partial charge in [0, 0.05) is 77.0 Å². The molecule has 320 valence electrons. The highest BCUT2D eigenvalue weighted by atomic mass is 16.5. The Morgan fingerprint density at radius 2 is 1.21 bits per heavy atom. The van der Waals surface area contributed by atoms with Crippen LogP contribution in [0.25, 0.3) is 0 Å². The molecule has 0 fully saturated rings. The third kappa shape index (κ3) is 10.6. The molecule has 4 aromatic rings. The number of hydrogen-bond donors (Lipinski definition) is 2. The first kappa shape index (κ1) is 43.8. The number of para-hydroxylation sites is 2. The summed E-state index contributed by atoms with van der Waals surface area (Å²) in [7, 11) is 0. The van der Waals surface area contributed by atoms with E-state index in [-0.39, 0.29) is 10.8 Å². The third-order valence-corrected chi connectivity index (χ3v) is 12.0. The molecule has 0 amide bonds. The Hall–Kier alpha value is -5.25. The van der Waals surface area contributed by atoms with Crippen LogP contribution in [0.15, 0.2) is 144 Å². The van der Waals surface area contributed by atoms with E-state index in [0.29, 0.717) is 52.9 Å². The average Bonchev–Trinajstić information content (AvgIpc) is 3.87. The van der Waals surface area contributed by atoms with Crippen molar-refractivity contribution in [2.45, 2.75) is 65.2 Å². The van der Waals surface area contributed by atoms with E-state index < -0.39 is 0 Å². The molecule has 0 bridgehead atoms. The zero-order chi connectivity index (χ0) is 42.7. The van der Waals surface area contributed by atoms with Crippen molar-refractivity contribution in [2.24, 2.45) is 0 Å². The van der Waals surface area contributed by atoms with E-state index in [4.69, 9.17) is 18.9 Å². The second kappa shape index (κ2) is 20.5. The van der Waals surface area contributed by atoms with Crippen molar-refractivity contribution in [3.05, 3.63) is 155 Å². The zero-order valence-corrected chi connectivity index (χ0v) is 37.1. The van der Waals surface area contributed by atoms with E-state index in [1.807, 2.05) is 26.0 Å². The molecule has 2 aliphatic heterocycles. The van der Waals surface area contributed by atoms with Crippen LogP contribution in [0.2, 0.25) is 0 Å². The molecule has 0 aromatic heterocycles. The number of hydrogen-bond acceptors (Lipinski definition) is 7. The van der Waals surface area contributed by atoms with E-state index in [1.165, 1.54) is 45.1 Å². The van der Waals surface area contributed by atoms with Crippen molar-refractivity contribution >= 4 is 39.8 Å². The minimum atomic E-state index is -0.205. The van der Waals surface area contributed by atoms with Crippen LogP contribution in [0.5, 0.6) is 0 Å². The summed E-state index contributed by atoms with van der Waals surface area (Å²) < 4.78 is 25.6. The molecule has 3 aliphatic rings. The summed E-state index contributed by atoms with van der Waals surface area (Å²) >= 11 is 0. The van der Waals surface area contributed by atoms with Crippen LogP contribution in [-0.2, 0) is 29.8 Å². The maximum atomic E-state index is 6.05. The van der Waals surface area contributed by atoms with Crippen LogP contribution in [0.4, 0.5) is 34.1 Å². The predicted molar refractivity (Wildman–Crippen MR) is 253 cm³/mol. The highest BCUT2D eigenvalue weighted by Gasteiger charge is 2.44. The molecule has 7 rings (SSSR count). The number of nitrogens with one attached hydrogen (secondary N) is 2. The molecular weight excluding hydrogens is 757 g/mol. The lowest BCUT2D eigenvalue weighted by Gasteiger charge is -2.27. The van der Waals surface area contributed by atoms with Gasteiger partial charge in [-0.1, -0.05) is 68.5 Å². The van der Waals surface area contributed by atoms with Gasteiger partial charge in [-0.2, -0.15) is 4.58 Å². The predicted octanol–water partition coefficient (Wildman–Crippen LogP) is 11.5. The highest BCUT2D eigenvalue weighted by molar-refractivity contribution is 6.03. The summed E-state index contributed by atoms with van der Waals surface area (Å²) in [6.07, 6.45) is 13.8. The van der Waals surface area contributed by atoms with Gasteiger partial charge in [0.15, 0.2) is 12.3 Å². The molecule has 1 aliphatic carbocycles. The monoisotopic (exact) mass is 822 g/mol. The van der Waals surface area contributed by atoms with Gasteiger partial charge >= 0.3 is 0 Å². The minimum absolute atomic E-state index is 0.205. The second-order valence-electron chi connectivity index (χ2n) is 16.8. The van der Waals surface area contributed by atoms with Crippen LogP contribution in [0.1, 0.15) is 65.5 Å². The van der Waals surface area contributed by atoms with E-state index in [2.05, 4.69) is 163 Å². The fourth-order valence-electron chi connectivity index (χ4n) is 8.71. The van der Waals surface area contributed by atoms with Crippen LogP contribution >= 0.6 is 0 Å². The van der Waals surface area contributed by atoms with Gasteiger partial charge in [0.05, 0.1) is 38.4 Å². The van der Waals surface area contributed by atoms with Crippen molar-refractivity contribution < 1.29 is 23.5 Å². The topological polar surface area (TPSA) is 67.2 Å². The smallest absolute Gasteiger partial charge is 0.210 e. The second-order valence-corrected chi connectivity index (χ2v) is 16.8. The quantitative estimate of drug-likeness (QED) is 0.0641. The van der Waals surface area contributed by atoms with E-state index in [9.17, 15) is 0 Å². The van der Waals surface area contributed by atoms with Crippen LogP contribution in [0, 0.1) is 0 Å². The summed E-state index contributed by atoms with van der Waals surface area (Å²) in [4.78, 5) is 2.45. The standard InChI is InChI=1S/C53H65N4O4/c1-7-58-33-35-60-31-29-56-48-25-23-44(54-42-15-11-9-12-16-42)38-46(48)52(3,4)50(56)27-21-40-19-20-41(37-40)22-28-51-53(5,6)47-39-45(55-43-17-13-10-14-18-43)24-26-49(47)57(51)30-32-61-36-34-59-8-2/h9-18,21-28,37-39,54-55H,7-8,19-20,29-36H2,1-6H3/q+1. The van der Waals surface area contributed by atoms with Crippen LogP contribution < -0.4 is 15.5 Å². The Balaban J connectivity index is 1.12. The normalized spacial score (nSPS) is 17.7. The summed E-state index contributed by atoms with van der Waals surface area (Å²) in [5, 5.41) is 7.22. The SMILES string of the molecule is CCOCCOCCN1C(=CC=C2C=C(C=CC3=[N+](CCOCCOCC)c4ccc(Nc5ccccc5)cc4C3(C)C)CC2)C(C)(C)c2cc(Nc3ccccc3)ccc21. The highest BCUT2D eigenvalue weighted by Crippen LogP contribution is 2.49. The molecule has 0 spiro atoms. The zero-order valence-electron chi connectivity index (χ0n) is 37.1. The molecule has 0 unspecified atom stereocenters. The van der Waals surface area contributed by atoms with Gasteiger partial charge in [-0.3, -0.25) is 0 Å². The molecule has 4 aromatic carbocycles. The van der Waals surface area contributed by atoms with Crippen LogP contribution in [0.3, 0.4) is 0 Å². The summed E-state index contributed by atoms with van der Waals surface area (Å²) in [6, 6.07) is 34.3. The molecule has 61 heavy (non-hydrogen) atoms. The molecule has 8 heteroatoms. The molecule has 2 heterocycles. The Bertz CT molecular complexity index is 2250. The lowest BCUT2D eigenvalue weighted by Crippen LogP contribution is -2.29. The van der Waals surface area contributed by atoms with Gasteiger partial charge in [0.2, 0.25) is 5.69 Å². The first-order chi connectivity index (χ1) is 29.7. The molecule has 0 saturated heterocycles. The van der Waals surface area contributed by atoms with Gasteiger partial charge in [-0.05, 0) is 118 Å². The summed E-state index contributed by atoms with van der Waals surface area (Å²) in [6.45, 7) is 20.0. The largest absolute Gasteiger partial charge is 0.379 e. The Labute approximate surface area is 364 Å². The lowest BCUT2D eigenvalue weighted by molar-refractivity contribution is -0.442. The van der Waals surface area contributed by atoms with Gasteiger partial charge in [-0.15, -0.1) is 0 Å². The first-order valence-corrected chi connectivity index (χ1v) is 22.2. The lowest BCUT2D eigenvalue weighted by atomic mass is 9.81. The molecule has 8 nitrogen and oxygen atoms in total. The number of benzene rings is 4. The maximum Gasteiger partial charge on any atom is 0.210 e. The molecule has 0 atom stereocenters. The van der Waals surface area contributed by atoms with E-state index in [0.717, 1.165) is 48.7 Å². The number of fused-ring (bicyclic) bond motifs is 2. The molecule has 0 saturated carbocycles. The fourth-order valence-corrected chi connectivity index (χ4v) is 8.71. The van der Waals surface area contributed by atoms with Gasteiger partial charge in [0.25, 0.3) is 0 Å². The Morgan fingerprint density at radius 1 is 0.607 bits per heavy atom. The average molecular weight is 822 g/mol. The van der Waals surface area contributed by atoms with Gasteiger partial charge < -0.3 is 34.5 Å². The number of ether oxygens (including phenoxy) is 4. The number of anilines is 5. The van der Waals surface area contributed by atoms with Crippen molar-refractivity contribution in [2.75, 3.05) is 81.5 Å². The molecular formula is C53H65N4O4+. The Morgan fingerprint density at radius 3 is 1.87 bits per heavy atom. The van der Waals surface area contributed by atoms with Crippen molar-refractivity contribution in [3.63, 3.8) is 0 Å². The van der Waals surface area contributed by atoms with Crippen molar-refractivity contribution in [3.8, 4) is 0 Å². The number of allylic oxidation sites excluding steroid dienone is 8. The molecule has 0 radical (unpaired) electrons. The van der Waals surface area contributed by atoms with Crippen molar-refractivity contribution in [1.29, 1.82) is 0 Å². The van der Waals surface area contributed by atoms with Crippen LogP contribution in [-0.4, -0.2) is 76.2 Å². The molecule has 2 N–H and O–H groups in total. The maximum absolute atomic E-state index is 6.05. The fraction of sp³-hybridized carbons (Fsp3) is 0.377. The van der Waals surface area contributed by atoms with E-state index >= 15 is 0 Å². The minimum Gasteiger partial charge on any atom is -0.379 e. The van der Waals surface area contributed by atoms with Crippen molar-refractivity contribution in [1.82, 2.24) is 0 Å². The third-order valence-electron chi connectivity index (χ3n) is 12.0. The first-order valence-electron chi connectivity index (χ1n) is 22.2. The summed E-state index contributed by atoms with van der Waals surface area (Å²) in [5.74, 6) is 0. The van der Waals surface area contributed by atoms with Gasteiger partial charge in [0.1, 0.15) is 6.61 Å².